The van der Waals surface area contributed by atoms with Gasteiger partial charge >= 0.3 is 0 Å². The van der Waals surface area contributed by atoms with E-state index in [0.717, 1.165) is 6.42 Å². The van der Waals surface area contributed by atoms with E-state index in [1.54, 1.807) is 6.92 Å². The number of rotatable bonds is 4. The van der Waals surface area contributed by atoms with Gasteiger partial charge in [0.1, 0.15) is 5.78 Å². The second kappa shape index (κ2) is 10.4. The molecule has 0 aliphatic carbocycles. The maximum absolute atomic E-state index is 10.4. The van der Waals surface area contributed by atoms with Crippen LogP contribution in [0.25, 0.3) is 0 Å². The molecule has 1 unspecified atom stereocenters. The Morgan fingerprint density at radius 3 is 2.00 bits per heavy atom. The average Bonchev–Trinajstić information content (AvgIpc) is 2.04. The largest absolute Gasteiger partial charge is 0.394 e. The minimum Gasteiger partial charge on any atom is -0.394 e. The summed E-state index contributed by atoms with van der Waals surface area (Å²) in [6.07, 6.45) is 3.11. The molecule has 0 aliphatic heterocycles. The summed E-state index contributed by atoms with van der Waals surface area (Å²) in [7, 11) is 0. The predicted molar refractivity (Wildman–Crippen MR) is 58.1 cm³/mol. The highest BCUT2D eigenvalue weighted by atomic mass is 16.3. The lowest BCUT2D eigenvalue weighted by molar-refractivity contribution is -0.116. The van der Waals surface area contributed by atoms with Gasteiger partial charge in [-0.3, -0.25) is 0 Å². The van der Waals surface area contributed by atoms with Crippen LogP contribution in [0.5, 0.6) is 0 Å². The Labute approximate surface area is 86.5 Å². The summed E-state index contributed by atoms with van der Waals surface area (Å²) in [6.45, 7) is 7.10. The first-order valence-corrected chi connectivity index (χ1v) is 4.81. The zero-order valence-electron chi connectivity index (χ0n) is 9.58. The molecule has 0 saturated carbocycles. The van der Waals surface area contributed by atoms with Gasteiger partial charge in [-0.1, -0.05) is 11.6 Å². The summed E-state index contributed by atoms with van der Waals surface area (Å²) in [4.78, 5) is 10.4. The molecule has 0 fully saturated rings. The van der Waals surface area contributed by atoms with Gasteiger partial charge in [-0.25, -0.2) is 0 Å². The minimum absolute atomic E-state index is 0.139. The number of ketones is 1. The topological polar surface area (TPSA) is 57.5 Å². The highest BCUT2D eigenvalue weighted by Crippen LogP contribution is 1.96. The minimum atomic E-state index is -0.560. The first kappa shape index (κ1) is 15.8. The Morgan fingerprint density at radius 2 is 1.79 bits per heavy atom. The highest BCUT2D eigenvalue weighted by molar-refractivity contribution is 5.75. The molecule has 0 amide bonds. The Morgan fingerprint density at radius 1 is 1.36 bits per heavy atom. The molecule has 0 radical (unpaired) electrons. The van der Waals surface area contributed by atoms with Crippen molar-refractivity contribution in [2.24, 2.45) is 0 Å². The third-order valence-electron chi connectivity index (χ3n) is 1.31. The molecular formula is C11H22O3. The molecule has 1 atom stereocenters. The van der Waals surface area contributed by atoms with Crippen molar-refractivity contribution < 1.29 is 15.0 Å². The van der Waals surface area contributed by atoms with Gasteiger partial charge in [-0.2, -0.15) is 0 Å². The number of hydrogen-bond acceptors (Lipinski definition) is 3. The molecule has 0 aromatic carbocycles. The van der Waals surface area contributed by atoms with E-state index in [9.17, 15) is 4.79 Å². The van der Waals surface area contributed by atoms with E-state index < -0.39 is 6.10 Å². The maximum Gasteiger partial charge on any atom is 0.130 e. The van der Waals surface area contributed by atoms with Crippen molar-refractivity contribution in [1.82, 2.24) is 0 Å². The van der Waals surface area contributed by atoms with Crippen molar-refractivity contribution in [3.05, 3.63) is 11.6 Å². The molecule has 0 aliphatic rings. The number of carbonyl (C=O) groups is 1. The molecule has 0 aromatic rings. The number of aliphatic hydroxyl groups is 2. The van der Waals surface area contributed by atoms with E-state index >= 15 is 0 Å². The van der Waals surface area contributed by atoms with Gasteiger partial charge in [0.2, 0.25) is 0 Å². The fraction of sp³-hybridized carbons (Fsp3) is 0.727. The molecule has 0 aromatic heterocycles. The van der Waals surface area contributed by atoms with Gasteiger partial charge < -0.3 is 15.0 Å². The van der Waals surface area contributed by atoms with Crippen LogP contribution in [0, 0.1) is 0 Å². The molecule has 3 nitrogen and oxygen atoms in total. The summed E-state index contributed by atoms with van der Waals surface area (Å²) < 4.78 is 0. The quantitative estimate of drug-likeness (QED) is 0.682. The number of allylic oxidation sites excluding steroid dienone is 2. The molecule has 3 heteroatoms. The van der Waals surface area contributed by atoms with Gasteiger partial charge in [0.15, 0.2) is 0 Å². The third kappa shape index (κ3) is 22.5. The Hall–Kier alpha value is -0.670. The monoisotopic (exact) mass is 202 g/mol. The lowest BCUT2D eigenvalue weighted by Crippen LogP contribution is -2.03. The van der Waals surface area contributed by atoms with Crippen molar-refractivity contribution in [3.63, 3.8) is 0 Å². The van der Waals surface area contributed by atoms with Crippen molar-refractivity contribution in [1.29, 1.82) is 0 Å². The van der Waals surface area contributed by atoms with Crippen LogP contribution in [0.15, 0.2) is 11.6 Å². The van der Waals surface area contributed by atoms with Gasteiger partial charge in [0.05, 0.1) is 12.7 Å². The van der Waals surface area contributed by atoms with Gasteiger partial charge in [0, 0.05) is 6.42 Å². The van der Waals surface area contributed by atoms with Crippen molar-refractivity contribution in [2.75, 3.05) is 6.61 Å². The van der Waals surface area contributed by atoms with Crippen molar-refractivity contribution in [3.8, 4) is 0 Å². The fourth-order valence-corrected chi connectivity index (χ4v) is 0.564. The number of carbonyl (C=O) groups excluding carboxylic acids is 1. The van der Waals surface area contributed by atoms with E-state index in [1.165, 1.54) is 12.5 Å². The molecule has 14 heavy (non-hydrogen) atoms. The average molecular weight is 202 g/mol. The standard InChI is InChI=1S/C8H14O.C3H8O2/c1-7(2)5-4-6-8(3)9;1-3(5)2-4/h5H,4,6H2,1-3H3;3-5H,2H2,1H3. The van der Waals surface area contributed by atoms with Crippen LogP contribution >= 0.6 is 0 Å². The zero-order chi connectivity index (χ0) is 11.6. The molecule has 0 spiro atoms. The summed E-state index contributed by atoms with van der Waals surface area (Å²) in [5.41, 5.74) is 1.29. The van der Waals surface area contributed by atoms with Crippen LogP contribution in [0.2, 0.25) is 0 Å². The number of hydrogen-bond donors (Lipinski definition) is 2. The maximum atomic E-state index is 10.4. The lowest BCUT2D eigenvalue weighted by Gasteiger charge is -1.90. The molecule has 0 saturated heterocycles. The Kier molecular flexibility index (Phi) is 11.7. The van der Waals surface area contributed by atoms with Crippen LogP contribution in [0.1, 0.15) is 40.5 Å². The van der Waals surface area contributed by atoms with Crippen LogP contribution < -0.4 is 0 Å². The van der Waals surface area contributed by atoms with Gasteiger partial charge in [-0.15, -0.1) is 0 Å². The van der Waals surface area contributed by atoms with Crippen LogP contribution in [-0.4, -0.2) is 28.7 Å². The van der Waals surface area contributed by atoms with E-state index in [-0.39, 0.29) is 12.4 Å². The van der Waals surface area contributed by atoms with Gasteiger partial charge in [0.25, 0.3) is 0 Å². The smallest absolute Gasteiger partial charge is 0.130 e. The van der Waals surface area contributed by atoms with E-state index in [1.807, 2.05) is 13.8 Å². The first-order valence-electron chi connectivity index (χ1n) is 4.81. The summed E-state index contributed by atoms with van der Waals surface area (Å²) in [6, 6.07) is 0. The molecule has 2 N–H and O–H groups in total. The normalized spacial score (nSPS) is 11.0. The van der Waals surface area contributed by atoms with Crippen LogP contribution in [0.4, 0.5) is 0 Å². The van der Waals surface area contributed by atoms with E-state index in [4.69, 9.17) is 10.2 Å². The molecule has 0 bridgehead atoms. The second-order valence-electron chi connectivity index (χ2n) is 3.55. The molecule has 0 heterocycles. The number of aliphatic hydroxyl groups excluding tert-OH is 2. The Balaban J connectivity index is 0. The van der Waals surface area contributed by atoms with Crippen molar-refractivity contribution in [2.45, 2.75) is 46.6 Å². The SMILES string of the molecule is CC(=O)CCC=C(C)C.CC(O)CO. The van der Waals surface area contributed by atoms with Gasteiger partial charge in [-0.05, 0) is 34.1 Å². The van der Waals surface area contributed by atoms with Crippen molar-refractivity contribution >= 4 is 5.78 Å². The first-order chi connectivity index (χ1) is 6.40. The molecule has 0 rings (SSSR count). The van der Waals surface area contributed by atoms with Crippen LogP contribution in [-0.2, 0) is 4.79 Å². The Bertz CT molecular complexity index is 167. The second-order valence-corrected chi connectivity index (χ2v) is 3.55. The highest BCUT2D eigenvalue weighted by Gasteiger charge is 1.88. The lowest BCUT2D eigenvalue weighted by atomic mass is 10.2. The summed E-state index contributed by atoms with van der Waals surface area (Å²) >= 11 is 0. The number of Topliss-reactive ketones (excluding diaryl/α,β-unsaturated/α-hetero) is 1. The fourth-order valence-electron chi connectivity index (χ4n) is 0.564. The third-order valence-corrected chi connectivity index (χ3v) is 1.31. The summed E-state index contributed by atoms with van der Waals surface area (Å²) in [5.74, 6) is 0.271. The predicted octanol–water partition coefficient (Wildman–Crippen LogP) is 1.68. The molecular weight excluding hydrogens is 180 g/mol. The van der Waals surface area contributed by atoms with Crippen LogP contribution in [0.3, 0.4) is 0 Å². The van der Waals surface area contributed by atoms with E-state index in [2.05, 4.69) is 6.08 Å². The van der Waals surface area contributed by atoms with E-state index in [0.29, 0.717) is 6.42 Å². The zero-order valence-corrected chi connectivity index (χ0v) is 9.58. The molecule has 84 valence electrons. The summed E-state index contributed by atoms with van der Waals surface area (Å²) in [5, 5.41) is 16.0.